The Hall–Kier alpha value is -4.37. The Bertz CT molecular complexity index is 1440. The molecule has 3 nitrogen and oxygen atoms in total. The number of hydrogen-bond donors (Lipinski definition) is 0. The molecule has 0 aliphatic rings. The fourth-order valence-electron chi connectivity index (χ4n) is 4.04. The van der Waals surface area contributed by atoms with Gasteiger partial charge in [-0.1, -0.05) is 66.7 Å². The first-order chi connectivity index (χ1) is 15.8. The number of aromatic nitrogens is 3. The lowest BCUT2D eigenvalue weighted by molar-refractivity contribution is 1.30. The molecule has 0 saturated heterocycles. The molecule has 6 rings (SSSR count). The second-order valence-electron chi connectivity index (χ2n) is 7.82. The summed E-state index contributed by atoms with van der Waals surface area (Å²) in [6.45, 7) is 0. The van der Waals surface area contributed by atoms with Gasteiger partial charge in [0.15, 0.2) is 0 Å². The Kier molecular flexibility index (Phi) is 4.43. The fourth-order valence-corrected chi connectivity index (χ4v) is 4.04. The number of benzene rings is 3. The summed E-state index contributed by atoms with van der Waals surface area (Å²) >= 11 is 0. The highest BCUT2D eigenvalue weighted by Crippen LogP contribution is 2.28. The molecule has 6 aromatic rings. The van der Waals surface area contributed by atoms with Gasteiger partial charge >= 0.3 is 0 Å². The van der Waals surface area contributed by atoms with E-state index >= 15 is 0 Å². The average molecular weight is 409 g/mol. The summed E-state index contributed by atoms with van der Waals surface area (Å²) in [4.78, 5) is 14.1. The van der Waals surface area contributed by atoms with Crippen LogP contribution in [0.4, 0.5) is 0 Å². The van der Waals surface area contributed by atoms with E-state index in [-0.39, 0.29) is 0 Å². The van der Waals surface area contributed by atoms with Gasteiger partial charge in [0.2, 0.25) is 0 Å². The molecule has 0 aliphatic carbocycles. The maximum absolute atomic E-state index is 4.98. The molecule has 0 fully saturated rings. The standard InChI is InChI=1S/C29H19N3/c1-2-5-20(6-3-1)23-10-8-21-12-14-26(31-28(21)17-23)24-11-9-22-13-15-27(32-29(22)18-24)25-7-4-16-30-19-25/h1-19H. The minimum absolute atomic E-state index is 0.918. The second-order valence-corrected chi connectivity index (χ2v) is 7.82. The normalized spacial score (nSPS) is 11.1. The van der Waals surface area contributed by atoms with E-state index in [0.29, 0.717) is 0 Å². The van der Waals surface area contributed by atoms with Crippen LogP contribution in [-0.2, 0) is 0 Å². The van der Waals surface area contributed by atoms with Crippen molar-refractivity contribution in [2.45, 2.75) is 0 Å². The van der Waals surface area contributed by atoms with E-state index in [2.05, 4.69) is 83.8 Å². The SMILES string of the molecule is c1ccc(-c2ccc3ccc(-c4ccc5ccc(-c6cccnc6)nc5c4)nc3c2)cc1. The largest absolute Gasteiger partial charge is 0.264 e. The number of pyridine rings is 3. The highest BCUT2D eigenvalue weighted by atomic mass is 14.7. The van der Waals surface area contributed by atoms with Crippen LogP contribution in [0.2, 0.25) is 0 Å². The van der Waals surface area contributed by atoms with Crippen molar-refractivity contribution in [2.75, 3.05) is 0 Å². The minimum atomic E-state index is 0.918. The van der Waals surface area contributed by atoms with Gasteiger partial charge in [-0.25, -0.2) is 9.97 Å². The molecule has 3 heteroatoms. The number of rotatable bonds is 3. The topological polar surface area (TPSA) is 38.7 Å². The van der Waals surface area contributed by atoms with E-state index in [1.54, 1.807) is 6.20 Å². The number of nitrogens with zero attached hydrogens (tertiary/aromatic N) is 3. The van der Waals surface area contributed by atoms with Crippen LogP contribution in [0.15, 0.2) is 116 Å². The van der Waals surface area contributed by atoms with Gasteiger partial charge in [-0.3, -0.25) is 4.98 Å². The van der Waals surface area contributed by atoms with Crippen LogP contribution in [-0.4, -0.2) is 15.0 Å². The maximum atomic E-state index is 4.98. The van der Waals surface area contributed by atoms with Crippen LogP contribution in [0, 0.1) is 0 Å². The van der Waals surface area contributed by atoms with Crippen LogP contribution in [0.5, 0.6) is 0 Å². The van der Waals surface area contributed by atoms with Crippen molar-refractivity contribution in [3.8, 4) is 33.6 Å². The third-order valence-electron chi connectivity index (χ3n) is 5.74. The minimum Gasteiger partial charge on any atom is -0.264 e. The molecule has 0 unspecified atom stereocenters. The molecule has 32 heavy (non-hydrogen) atoms. The second kappa shape index (κ2) is 7.71. The summed E-state index contributed by atoms with van der Waals surface area (Å²) < 4.78 is 0. The lowest BCUT2D eigenvalue weighted by Crippen LogP contribution is -1.89. The molecule has 0 saturated carbocycles. The Labute approximate surface area is 186 Å². The van der Waals surface area contributed by atoms with Gasteiger partial charge in [-0.15, -0.1) is 0 Å². The molecule has 150 valence electrons. The molecular weight excluding hydrogens is 390 g/mol. The van der Waals surface area contributed by atoms with Crippen LogP contribution in [0.3, 0.4) is 0 Å². The van der Waals surface area contributed by atoms with E-state index in [1.807, 2.05) is 30.5 Å². The average Bonchev–Trinajstić information content (AvgIpc) is 2.88. The molecule has 3 aromatic carbocycles. The summed E-state index contributed by atoms with van der Waals surface area (Å²) in [6, 6.07) is 35.5. The molecule has 0 amide bonds. The highest BCUT2D eigenvalue weighted by Gasteiger charge is 2.07. The van der Waals surface area contributed by atoms with Crippen LogP contribution in [0.1, 0.15) is 0 Å². The van der Waals surface area contributed by atoms with Crippen molar-refractivity contribution in [1.82, 2.24) is 15.0 Å². The van der Waals surface area contributed by atoms with Crippen molar-refractivity contribution in [1.29, 1.82) is 0 Å². The molecule has 3 aromatic heterocycles. The lowest BCUT2D eigenvalue weighted by Gasteiger charge is -2.08. The lowest BCUT2D eigenvalue weighted by atomic mass is 10.0. The van der Waals surface area contributed by atoms with Crippen molar-refractivity contribution in [2.24, 2.45) is 0 Å². The first kappa shape index (κ1) is 18.4. The molecule has 0 spiro atoms. The van der Waals surface area contributed by atoms with Gasteiger partial charge in [0.25, 0.3) is 0 Å². The predicted octanol–water partition coefficient (Wildman–Crippen LogP) is 7.18. The van der Waals surface area contributed by atoms with Crippen LogP contribution in [0.25, 0.3) is 55.4 Å². The van der Waals surface area contributed by atoms with Crippen molar-refractivity contribution >= 4 is 21.8 Å². The Morgan fingerprint density at radius 2 is 1.03 bits per heavy atom. The van der Waals surface area contributed by atoms with Crippen LogP contribution < -0.4 is 0 Å². The first-order valence-electron chi connectivity index (χ1n) is 10.6. The number of fused-ring (bicyclic) bond motifs is 2. The van der Waals surface area contributed by atoms with E-state index in [0.717, 1.165) is 44.3 Å². The third kappa shape index (κ3) is 3.40. The summed E-state index contributed by atoms with van der Waals surface area (Å²) in [7, 11) is 0. The zero-order chi connectivity index (χ0) is 21.3. The Morgan fingerprint density at radius 1 is 0.438 bits per heavy atom. The fraction of sp³-hybridized carbons (Fsp3) is 0. The molecular formula is C29H19N3. The molecule has 0 aliphatic heterocycles. The van der Waals surface area contributed by atoms with E-state index in [9.17, 15) is 0 Å². The van der Waals surface area contributed by atoms with Gasteiger partial charge in [0, 0.05) is 34.3 Å². The van der Waals surface area contributed by atoms with Gasteiger partial charge < -0.3 is 0 Å². The maximum Gasteiger partial charge on any atom is 0.0725 e. The molecule has 0 N–H and O–H groups in total. The predicted molar refractivity (Wildman–Crippen MR) is 131 cm³/mol. The Morgan fingerprint density at radius 3 is 1.72 bits per heavy atom. The summed E-state index contributed by atoms with van der Waals surface area (Å²) in [5.74, 6) is 0. The third-order valence-corrected chi connectivity index (χ3v) is 5.74. The zero-order valence-electron chi connectivity index (χ0n) is 17.3. The van der Waals surface area contributed by atoms with Crippen LogP contribution >= 0.6 is 0 Å². The number of hydrogen-bond acceptors (Lipinski definition) is 3. The van der Waals surface area contributed by atoms with Gasteiger partial charge in [0.1, 0.15) is 0 Å². The smallest absolute Gasteiger partial charge is 0.0725 e. The summed E-state index contributed by atoms with van der Waals surface area (Å²) in [6.07, 6.45) is 3.62. The van der Waals surface area contributed by atoms with Crippen molar-refractivity contribution in [3.05, 3.63) is 116 Å². The van der Waals surface area contributed by atoms with E-state index < -0.39 is 0 Å². The molecule has 3 heterocycles. The van der Waals surface area contributed by atoms with Crippen molar-refractivity contribution in [3.63, 3.8) is 0 Å². The van der Waals surface area contributed by atoms with Gasteiger partial charge in [-0.05, 0) is 47.5 Å². The van der Waals surface area contributed by atoms with Gasteiger partial charge in [-0.2, -0.15) is 0 Å². The zero-order valence-corrected chi connectivity index (χ0v) is 17.3. The summed E-state index contributed by atoms with van der Waals surface area (Å²) in [5.41, 5.74) is 8.23. The Balaban J connectivity index is 1.43. The van der Waals surface area contributed by atoms with E-state index in [1.165, 1.54) is 11.1 Å². The summed E-state index contributed by atoms with van der Waals surface area (Å²) in [5, 5.41) is 2.24. The van der Waals surface area contributed by atoms with Crippen molar-refractivity contribution < 1.29 is 0 Å². The quantitative estimate of drug-likeness (QED) is 0.311. The van der Waals surface area contributed by atoms with E-state index in [4.69, 9.17) is 9.97 Å². The van der Waals surface area contributed by atoms with Gasteiger partial charge in [0.05, 0.1) is 22.4 Å². The monoisotopic (exact) mass is 409 g/mol. The molecule has 0 radical (unpaired) electrons. The highest BCUT2D eigenvalue weighted by molar-refractivity contribution is 5.89. The first-order valence-corrected chi connectivity index (χ1v) is 10.6. The molecule has 0 atom stereocenters. The molecule has 0 bridgehead atoms.